The van der Waals surface area contributed by atoms with E-state index >= 15 is 0 Å². The number of aromatic nitrogens is 2. The van der Waals surface area contributed by atoms with Gasteiger partial charge in [0.15, 0.2) is 5.69 Å². The lowest BCUT2D eigenvalue weighted by Crippen LogP contribution is -2.05. The highest BCUT2D eigenvalue weighted by atomic mass is 19.4. The van der Waals surface area contributed by atoms with E-state index in [-0.39, 0.29) is 5.52 Å². The first-order valence-corrected chi connectivity index (χ1v) is 3.58. The van der Waals surface area contributed by atoms with Gasteiger partial charge in [0.2, 0.25) is 0 Å². The minimum absolute atomic E-state index is 0.0787. The minimum atomic E-state index is -4.38. The molecule has 0 bridgehead atoms. The number of imidazole rings is 1. The number of alkyl halides is 3. The van der Waals surface area contributed by atoms with Crippen molar-refractivity contribution >= 4 is 5.52 Å². The summed E-state index contributed by atoms with van der Waals surface area (Å²) >= 11 is 0. The van der Waals surface area contributed by atoms with Gasteiger partial charge in [0.05, 0.1) is 11.8 Å². The van der Waals surface area contributed by atoms with Crippen LogP contribution in [0.2, 0.25) is 0 Å². The summed E-state index contributed by atoms with van der Waals surface area (Å²) in [5.74, 6) is 0. The minimum Gasteiger partial charge on any atom is -0.306 e. The van der Waals surface area contributed by atoms with Crippen molar-refractivity contribution in [1.29, 1.82) is 0 Å². The number of halogens is 3. The third kappa shape index (κ3) is 1.26. The van der Waals surface area contributed by atoms with Crippen LogP contribution in [-0.4, -0.2) is 9.38 Å². The van der Waals surface area contributed by atoms with Crippen LogP contribution in [0.3, 0.4) is 0 Å². The Labute approximate surface area is 71.6 Å². The molecule has 2 rings (SSSR count). The van der Waals surface area contributed by atoms with E-state index in [9.17, 15) is 13.2 Å². The van der Waals surface area contributed by atoms with Crippen LogP contribution in [0.1, 0.15) is 5.69 Å². The highest BCUT2D eigenvalue weighted by Crippen LogP contribution is 2.30. The van der Waals surface area contributed by atoms with Gasteiger partial charge in [-0.15, -0.1) is 0 Å². The molecule has 0 saturated heterocycles. The Hall–Kier alpha value is -1.52. The molecular weight excluding hydrogens is 181 g/mol. The van der Waals surface area contributed by atoms with Crippen molar-refractivity contribution in [3.05, 3.63) is 36.4 Å². The third-order valence-electron chi connectivity index (χ3n) is 1.71. The average Bonchev–Trinajstić information content (AvgIpc) is 2.45. The molecule has 68 valence electrons. The van der Waals surface area contributed by atoms with Crippen LogP contribution in [0.4, 0.5) is 13.2 Å². The van der Waals surface area contributed by atoms with Crippen molar-refractivity contribution in [1.82, 2.24) is 9.38 Å². The lowest BCUT2D eigenvalue weighted by atomic mass is 10.3. The monoisotopic (exact) mass is 186 g/mol. The molecule has 2 heterocycles. The van der Waals surface area contributed by atoms with E-state index in [1.807, 2.05) is 0 Å². The standard InChI is InChI=1S/C8H5F3N2/c9-8(10,11)7-6-3-1-2-4-13(6)5-12-7/h1-5H. The molecule has 0 atom stereocenters. The SMILES string of the molecule is FC(F)(F)c1ncn2ccccc12. The van der Waals surface area contributed by atoms with E-state index in [4.69, 9.17) is 0 Å². The Morgan fingerprint density at radius 1 is 1.23 bits per heavy atom. The first kappa shape index (κ1) is 8.10. The molecule has 0 N–H and O–H groups in total. The fourth-order valence-electron chi connectivity index (χ4n) is 1.16. The number of pyridine rings is 1. The molecule has 0 aliphatic heterocycles. The summed E-state index contributed by atoms with van der Waals surface area (Å²) in [6, 6.07) is 4.58. The molecule has 0 unspecified atom stereocenters. The van der Waals surface area contributed by atoms with Crippen molar-refractivity contribution < 1.29 is 13.2 Å². The highest BCUT2D eigenvalue weighted by Gasteiger charge is 2.35. The Morgan fingerprint density at radius 3 is 2.69 bits per heavy atom. The number of nitrogens with zero attached hydrogens (tertiary/aromatic N) is 2. The second kappa shape index (κ2) is 2.48. The van der Waals surface area contributed by atoms with Gasteiger partial charge in [-0.25, -0.2) is 4.98 Å². The van der Waals surface area contributed by atoms with Crippen LogP contribution in [0, 0.1) is 0 Å². The van der Waals surface area contributed by atoms with Gasteiger partial charge in [0, 0.05) is 6.20 Å². The maximum absolute atomic E-state index is 12.3. The Kier molecular flexibility index (Phi) is 1.55. The zero-order valence-corrected chi connectivity index (χ0v) is 6.42. The molecule has 0 aliphatic rings. The zero-order chi connectivity index (χ0) is 9.47. The third-order valence-corrected chi connectivity index (χ3v) is 1.71. The second-order valence-corrected chi connectivity index (χ2v) is 2.58. The first-order valence-electron chi connectivity index (χ1n) is 3.58. The van der Waals surface area contributed by atoms with E-state index in [0.717, 1.165) is 6.33 Å². The van der Waals surface area contributed by atoms with Gasteiger partial charge in [0.1, 0.15) is 0 Å². The fourth-order valence-corrected chi connectivity index (χ4v) is 1.16. The van der Waals surface area contributed by atoms with Gasteiger partial charge >= 0.3 is 6.18 Å². The van der Waals surface area contributed by atoms with Crippen molar-refractivity contribution in [2.75, 3.05) is 0 Å². The molecule has 0 spiro atoms. The first-order chi connectivity index (χ1) is 6.09. The molecular formula is C8H5F3N2. The number of hydrogen-bond donors (Lipinski definition) is 0. The van der Waals surface area contributed by atoms with Gasteiger partial charge in [-0.3, -0.25) is 0 Å². The topological polar surface area (TPSA) is 17.3 Å². The second-order valence-electron chi connectivity index (χ2n) is 2.58. The molecule has 0 radical (unpaired) electrons. The van der Waals surface area contributed by atoms with Crippen molar-refractivity contribution in [2.45, 2.75) is 6.18 Å². The van der Waals surface area contributed by atoms with Crippen LogP contribution < -0.4 is 0 Å². The van der Waals surface area contributed by atoms with Gasteiger partial charge < -0.3 is 4.40 Å². The lowest BCUT2D eigenvalue weighted by Gasteiger charge is -2.02. The van der Waals surface area contributed by atoms with E-state index in [2.05, 4.69) is 4.98 Å². The van der Waals surface area contributed by atoms with Crippen molar-refractivity contribution in [3.63, 3.8) is 0 Å². The van der Waals surface area contributed by atoms with Gasteiger partial charge in [-0.1, -0.05) is 6.07 Å². The van der Waals surface area contributed by atoms with Crippen LogP contribution >= 0.6 is 0 Å². The van der Waals surface area contributed by atoms with Crippen LogP contribution in [0.25, 0.3) is 5.52 Å². The van der Waals surface area contributed by atoms with Crippen molar-refractivity contribution in [2.24, 2.45) is 0 Å². The van der Waals surface area contributed by atoms with E-state index < -0.39 is 11.9 Å². The smallest absolute Gasteiger partial charge is 0.306 e. The summed E-state index contributed by atoms with van der Waals surface area (Å²) in [6.07, 6.45) is -1.70. The molecule has 2 aromatic heterocycles. The summed E-state index contributed by atoms with van der Waals surface area (Å²) in [5, 5.41) is 0. The number of rotatable bonds is 0. The predicted molar refractivity (Wildman–Crippen MR) is 40.2 cm³/mol. The highest BCUT2D eigenvalue weighted by molar-refractivity contribution is 5.52. The number of fused-ring (bicyclic) bond motifs is 1. The lowest BCUT2D eigenvalue weighted by molar-refractivity contribution is -0.139. The Balaban J connectivity index is 2.72. The summed E-state index contributed by atoms with van der Waals surface area (Å²) in [7, 11) is 0. The van der Waals surface area contributed by atoms with Crippen LogP contribution in [0.5, 0.6) is 0 Å². The van der Waals surface area contributed by atoms with E-state index in [1.165, 1.54) is 16.7 Å². The quantitative estimate of drug-likeness (QED) is 0.617. The molecule has 2 nitrogen and oxygen atoms in total. The normalized spacial score (nSPS) is 12.2. The predicted octanol–water partition coefficient (Wildman–Crippen LogP) is 2.35. The summed E-state index contributed by atoms with van der Waals surface area (Å²) in [6.45, 7) is 0. The zero-order valence-electron chi connectivity index (χ0n) is 6.42. The van der Waals surface area contributed by atoms with E-state index in [1.54, 1.807) is 12.1 Å². The molecule has 13 heavy (non-hydrogen) atoms. The summed E-state index contributed by atoms with van der Waals surface area (Å²) in [4.78, 5) is 3.30. The van der Waals surface area contributed by atoms with Crippen LogP contribution in [0.15, 0.2) is 30.7 Å². The molecule has 2 aromatic rings. The fraction of sp³-hybridized carbons (Fsp3) is 0.125. The molecule has 5 heteroatoms. The molecule has 0 fully saturated rings. The van der Waals surface area contributed by atoms with Crippen LogP contribution in [-0.2, 0) is 6.18 Å². The molecule has 0 saturated carbocycles. The average molecular weight is 186 g/mol. The summed E-state index contributed by atoms with van der Waals surface area (Å²) < 4.78 is 38.2. The van der Waals surface area contributed by atoms with E-state index in [0.29, 0.717) is 0 Å². The molecule has 0 aromatic carbocycles. The summed E-state index contributed by atoms with van der Waals surface area (Å²) in [5.41, 5.74) is -0.761. The Morgan fingerprint density at radius 2 is 2.00 bits per heavy atom. The largest absolute Gasteiger partial charge is 0.435 e. The Bertz CT molecular complexity index is 430. The van der Waals surface area contributed by atoms with Gasteiger partial charge in [0.25, 0.3) is 0 Å². The number of hydrogen-bond acceptors (Lipinski definition) is 1. The van der Waals surface area contributed by atoms with Crippen molar-refractivity contribution in [3.8, 4) is 0 Å². The van der Waals surface area contributed by atoms with Gasteiger partial charge in [-0.05, 0) is 12.1 Å². The maximum Gasteiger partial charge on any atom is 0.435 e. The molecule has 0 aliphatic carbocycles. The maximum atomic E-state index is 12.3. The van der Waals surface area contributed by atoms with Gasteiger partial charge in [-0.2, -0.15) is 13.2 Å². The molecule has 0 amide bonds.